The number of phenolic OH excluding ortho intramolecular Hbond substituents is 1. The Morgan fingerprint density at radius 3 is 2.67 bits per heavy atom. The molecule has 0 aliphatic heterocycles. The SMILES string of the molecule is Cc1ccccc1CC(=O)NC(=S)Nc1cccc(O)c1. The number of benzene rings is 2. The summed E-state index contributed by atoms with van der Waals surface area (Å²) in [4.78, 5) is 11.9. The Morgan fingerprint density at radius 2 is 1.95 bits per heavy atom. The Balaban J connectivity index is 1.91. The Kier molecular flexibility index (Phi) is 4.90. The summed E-state index contributed by atoms with van der Waals surface area (Å²) in [5, 5.41) is 15.0. The summed E-state index contributed by atoms with van der Waals surface area (Å²) in [5.74, 6) is -0.0454. The molecule has 0 aliphatic rings. The lowest BCUT2D eigenvalue weighted by Gasteiger charge is -2.10. The van der Waals surface area contributed by atoms with E-state index in [1.165, 1.54) is 6.07 Å². The molecule has 0 aromatic heterocycles. The van der Waals surface area contributed by atoms with Crippen molar-refractivity contribution < 1.29 is 9.90 Å². The van der Waals surface area contributed by atoms with Crippen molar-refractivity contribution in [3.8, 4) is 5.75 Å². The second-order valence-electron chi connectivity index (χ2n) is 4.66. The van der Waals surface area contributed by atoms with Gasteiger partial charge in [0.2, 0.25) is 5.91 Å². The molecule has 0 radical (unpaired) electrons. The van der Waals surface area contributed by atoms with Gasteiger partial charge in [-0.05, 0) is 42.4 Å². The van der Waals surface area contributed by atoms with Crippen molar-refractivity contribution in [2.24, 2.45) is 0 Å². The Labute approximate surface area is 128 Å². The minimum Gasteiger partial charge on any atom is -0.508 e. The van der Waals surface area contributed by atoms with Crippen LogP contribution >= 0.6 is 12.2 Å². The normalized spacial score (nSPS) is 9.95. The van der Waals surface area contributed by atoms with Crippen LogP contribution in [0.3, 0.4) is 0 Å². The maximum Gasteiger partial charge on any atom is 0.230 e. The smallest absolute Gasteiger partial charge is 0.230 e. The number of anilines is 1. The van der Waals surface area contributed by atoms with Crippen LogP contribution in [0.4, 0.5) is 5.69 Å². The Hall–Kier alpha value is -2.40. The topological polar surface area (TPSA) is 61.4 Å². The number of phenols is 1. The van der Waals surface area contributed by atoms with E-state index in [1.54, 1.807) is 18.2 Å². The molecule has 3 N–H and O–H groups in total. The highest BCUT2D eigenvalue weighted by Crippen LogP contribution is 2.15. The maximum absolute atomic E-state index is 11.9. The summed E-state index contributed by atoms with van der Waals surface area (Å²) < 4.78 is 0. The van der Waals surface area contributed by atoms with Crippen LogP contribution in [-0.4, -0.2) is 16.1 Å². The van der Waals surface area contributed by atoms with Gasteiger partial charge < -0.3 is 15.7 Å². The number of thiocarbonyl (C=S) groups is 1. The van der Waals surface area contributed by atoms with Crippen LogP contribution in [0.15, 0.2) is 48.5 Å². The average molecular weight is 300 g/mol. The van der Waals surface area contributed by atoms with Crippen LogP contribution in [0.5, 0.6) is 5.75 Å². The number of hydrogen-bond acceptors (Lipinski definition) is 3. The molecule has 21 heavy (non-hydrogen) atoms. The van der Waals surface area contributed by atoms with Crippen LogP contribution in [0.2, 0.25) is 0 Å². The van der Waals surface area contributed by atoms with Crippen LogP contribution in [0.1, 0.15) is 11.1 Å². The zero-order valence-corrected chi connectivity index (χ0v) is 12.4. The third-order valence-electron chi connectivity index (χ3n) is 2.97. The van der Waals surface area contributed by atoms with E-state index in [-0.39, 0.29) is 23.2 Å². The lowest BCUT2D eigenvalue weighted by molar-refractivity contribution is -0.119. The van der Waals surface area contributed by atoms with E-state index in [1.807, 2.05) is 31.2 Å². The van der Waals surface area contributed by atoms with Crippen molar-refractivity contribution in [1.29, 1.82) is 0 Å². The van der Waals surface area contributed by atoms with E-state index >= 15 is 0 Å². The molecule has 0 unspecified atom stereocenters. The molecule has 0 bridgehead atoms. The molecule has 5 heteroatoms. The standard InChI is InChI=1S/C16H16N2O2S/c1-11-5-2-3-6-12(11)9-15(20)18-16(21)17-13-7-4-8-14(19)10-13/h2-8,10,19H,9H2,1H3,(H2,17,18,20,21). The number of aryl methyl sites for hydroxylation is 1. The minimum atomic E-state index is -0.179. The minimum absolute atomic E-state index is 0.133. The van der Waals surface area contributed by atoms with Gasteiger partial charge in [-0.3, -0.25) is 4.79 Å². The first-order valence-corrected chi connectivity index (χ1v) is 6.90. The molecular formula is C16H16N2O2S. The summed E-state index contributed by atoms with van der Waals surface area (Å²) in [6, 6.07) is 14.2. The van der Waals surface area contributed by atoms with Crippen LogP contribution in [0, 0.1) is 6.92 Å². The predicted molar refractivity (Wildman–Crippen MR) is 87.4 cm³/mol. The summed E-state index contributed by atoms with van der Waals surface area (Å²) in [5.41, 5.74) is 2.66. The second kappa shape index (κ2) is 6.85. The maximum atomic E-state index is 11.9. The largest absolute Gasteiger partial charge is 0.508 e. The molecule has 2 rings (SSSR count). The molecule has 0 fully saturated rings. The molecule has 2 aromatic carbocycles. The first-order chi connectivity index (χ1) is 10.0. The monoisotopic (exact) mass is 300 g/mol. The van der Waals surface area contributed by atoms with Crippen LogP contribution in [-0.2, 0) is 11.2 Å². The quantitative estimate of drug-likeness (QED) is 0.763. The van der Waals surface area contributed by atoms with Crippen molar-refractivity contribution in [2.45, 2.75) is 13.3 Å². The van der Waals surface area contributed by atoms with Gasteiger partial charge in [-0.15, -0.1) is 0 Å². The molecule has 2 aromatic rings. The fourth-order valence-corrected chi connectivity index (χ4v) is 2.13. The summed E-state index contributed by atoms with van der Waals surface area (Å²) >= 11 is 5.08. The number of carbonyl (C=O) groups is 1. The predicted octanol–water partition coefficient (Wildman–Crippen LogP) is 2.76. The second-order valence-corrected chi connectivity index (χ2v) is 5.06. The molecule has 0 heterocycles. The van der Waals surface area contributed by atoms with Gasteiger partial charge in [0.05, 0.1) is 6.42 Å². The highest BCUT2D eigenvalue weighted by atomic mass is 32.1. The van der Waals surface area contributed by atoms with E-state index < -0.39 is 0 Å². The number of aromatic hydroxyl groups is 1. The third kappa shape index (κ3) is 4.57. The van der Waals surface area contributed by atoms with Crippen LogP contribution in [0.25, 0.3) is 0 Å². The number of nitrogens with one attached hydrogen (secondary N) is 2. The van der Waals surface area contributed by atoms with E-state index in [0.717, 1.165) is 11.1 Å². The number of amides is 1. The Morgan fingerprint density at radius 1 is 1.19 bits per heavy atom. The van der Waals surface area contributed by atoms with Gasteiger partial charge in [0.25, 0.3) is 0 Å². The lowest BCUT2D eigenvalue weighted by Crippen LogP contribution is -2.35. The van der Waals surface area contributed by atoms with Crippen molar-refractivity contribution in [2.75, 3.05) is 5.32 Å². The first kappa shape index (κ1) is 15.0. The fourth-order valence-electron chi connectivity index (χ4n) is 1.90. The van der Waals surface area contributed by atoms with Gasteiger partial charge in [0.1, 0.15) is 5.75 Å². The van der Waals surface area contributed by atoms with Crippen molar-refractivity contribution in [3.05, 3.63) is 59.7 Å². The van der Waals surface area contributed by atoms with Crippen molar-refractivity contribution >= 4 is 28.9 Å². The summed E-state index contributed by atoms with van der Waals surface area (Å²) in [6.45, 7) is 1.96. The van der Waals surface area contributed by atoms with Crippen molar-refractivity contribution in [3.63, 3.8) is 0 Å². The highest BCUT2D eigenvalue weighted by molar-refractivity contribution is 7.80. The molecule has 108 valence electrons. The van der Waals surface area contributed by atoms with Gasteiger partial charge in [0, 0.05) is 11.8 Å². The number of rotatable bonds is 3. The zero-order chi connectivity index (χ0) is 15.2. The molecule has 0 spiro atoms. The molecule has 0 saturated heterocycles. The lowest BCUT2D eigenvalue weighted by atomic mass is 10.1. The molecular weight excluding hydrogens is 284 g/mol. The third-order valence-corrected chi connectivity index (χ3v) is 3.17. The van der Waals surface area contributed by atoms with Gasteiger partial charge in [-0.1, -0.05) is 30.3 Å². The van der Waals surface area contributed by atoms with Crippen molar-refractivity contribution in [1.82, 2.24) is 5.32 Å². The fraction of sp³-hybridized carbons (Fsp3) is 0.125. The highest BCUT2D eigenvalue weighted by Gasteiger charge is 2.08. The molecule has 0 atom stereocenters. The number of carbonyl (C=O) groups excluding carboxylic acids is 1. The van der Waals surface area contributed by atoms with E-state index in [9.17, 15) is 9.90 Å². The van der Waals surface area contributed by atoms with E-state index in [2.05, 4.69) is 10.6 Å². The summed E-state index contributed by atoms with van der Waals surface area (Å²) in [6.07, 6.45) is 0.272. The van der Waals surface area contributed by atoms with Crippen LogP contribution < -0.4 is 10.6 Å². The number of hydrogen-bond donors (Lipinski definition) is 3. The van der Waals surface area contributed by atoms with Gasteiger partial charge in [0.15, 0.2) is 5.11 Å². The first-order valence-electron chi connectivity index (χ1n) is 6.49. The van der Waals surface area contributed by atoms with Gasteiger partial charge in [-0.2, -0.15) is 0 Å². The molecule has 4 nitrogen and oxygen atoms in total. The van der Waals surface area contributed by atoms with Gasteiger partial charge >= 0.3 is 0 Å². The summed E-state index contributed by atoms with van der Waals surface area (Å²) in [7, 11) is 0. The Bertz CT molecular complexity index is 671. The average Bonchev–Trinajstić information content (AvgIpc) is 2.41. The van der Waals surface area contributed by atoms with E-state index in [0.29, 0.717) is 5.69 Å². The molecule has 0 aliphatic carbocycles. The zero-order valence-electron chi connectivity index (χ0n) is 11.6. The van der Waals surface area contributed by atoms with E-state index in [4.69, 9.17) is 12.2 Å². The van der Waals surface area contributed by atoms with Gasteiger partial charge in [-0.25, -0.2) is 0 Å². The molecule has 0 saturated carbocycles. The molecule has 1 amide bonds.